The van der Waals surface area contributed by atoms with Crippen molar-refractivity contribution in [3.63, 3.8) is 0 Å². The molecule has 1 heterocycles. The van der Waals surface area contributed by atoms with Gasteiger partial charge in [0.05, 0.1) is 16.6 Å². The molecule has 1 aliphatic rings. The maximum absolute atomic E-state index is 11.5. The lowest BCUT2D eigenvalue weighted by atomic mass is 9.70. The summed E-state index contributed by atoms with van der Waals surface area (Å²) in [6, 6.07) is 14.6. The fourth-order valence-electron chi connectivity index (χ4n) is 5.51. The number of benzene rings is 2. The highest BCUT2D eigenvalue weighted by Crippen LogP contribution is 2.45. The Kier molecular flexibility index (Phi) is 5.67. The van der Waals surface area contributed by atoms with Gasteiger partial charge in [-0.1, -0.05) is 58.9 Å². The molecule has 0 aliphatic heterocycles. The van der Waals surface area contributed by atoms with E-state index >= 15 is 0 Å². The predicted molar refractivity (Wildman–Crippen MR) is 126 cm³/mol. The molecule has 3 aromatic rings. The van der Waals surface area contributed by atoms with Gasteiger partial charge in [-0.15, -0.1) is 0 Å². The first kappa shape index (κ1) is 21.6. The summed E-state index contributed by atoms with van der Waals surface area (Å²) in [5.74, 6) is 1.29. The Labute approximate surface area is 185 Å². The van der Waals surface area contributed by atoms with Crippen molar-refractivity contribution in [3.8, 4) is 0 Å². The fourth-order valence-corrected chi connectivity index (χ4v) is 5.51. The molecule has 4 nitrogen and oxygen atoms in total. The average Bonchev–Trinajstić information content (AvgIpc) is 3.03. The van der Waals surface area contributed by atoms with Gasteiger partial charge in [0, 0.05) is 12.5 Å². The van der Waals surface area contributed by atoms with Crippen molar-refractivity contribution in [1.82, 2.24) is 9.55 Å². The SMILES string of the molecule is CC(C)c1ccc(Cc2nc3cc(C(=O)O)ccc3n2C2C[C@H](C)CC(C)(C)C2)cc1. The molecule has 4 rings (SSSR count). The molecule has 2 aromatic carbocycles. The second-order valence-corrected chi connectivity index (χ2v) is 10.5. The highest BCUT2D eigenvalue weighted by Gasteiger charge is 2.34. The van der Waals surface area contributed by atoms with Crippen LogP contribution in [0.1, 0.15) is 93.2 Å². The first-order valence-electron chi connectivity index (χ1n) is 11.5. The van der Waals surface area contributed by atoms with Crippen LogP contribution < -0.4 is 0 Å². The van der Waals surface area contributed by atoms with E-state index in [1.807, 2.05) is 6.07 Å². The summed E-state index contributed by atoms with van der Waals surface area (Å²) in [5, 5.41) is 9.44. The van der Waals surface area contributed by atoms with Crippen LogP contribution in [0.3, 0.4) is 0 Å². The molecule has 164 valence electrons. The Morgan fingerprint density at radius 3 is 2.48 bits per heavy atom. The summed E-state index contributed by atoms with van der Waals surface area (Å²) in [5.41, 5.74) is 4.99. The average molecular weight is 419 g/mol. The first-order valence-corrected chi connectivity index (χ1v) is 11.5. The standard InChI is InChI=1S/C27H34N2O2/c1-17(2)20-8-6-19(7-9-20)13-25-28-23-14-21(26(30)31)10-11-24(23)29(25)22-12-18(3)15-27(4,5)16-22/h6-11,14,17-18,22H,12-13,15-16H2,1-5H3,(H,30,31)/t18-,22?/m0/s1. The van der Waals surface area contributed by atoms with Gasteiger partial charge in [0.1, 0.15) is 5.82 Å². The van der Waals surface area contributed by atoms with Crippen LogP contribution in [0.15, 0.2) is 42.5 Å². The van der Waals surface area contributed by atoms with Crippen molar-refractivity contribution >= 4 is 17.0 Å². The molecule has 0 spiro atoms. The molecule has 1 aromatic heterocycles. The molecular weight excluding hydrogens is 384 g/mol. The smallest absolute Gasteiger partial charge is 0.335 e. The number of hydrogen-bond acceptors (Lipinski definition) is 2. The van der Waals surface area contributed by atoms with Crippen LogP contribution in [0, 0.1) is 11.3 Å². The number of nitrogens with zero attached hydrogens (tertiary/aromatic N) is 2. The van der Waals surface area contributed by atoms with Gasteiger partial charge in [0.15, 0.2) is 0 Å². The van der Waals surface area contributed by atoms with E-state index in [0.29, 0.717) is 23.4 Å². The van der Waals surface area contributed by atoms with Gasteiger partial charge >= 0.3 is 5.97 Å². The van der Waals surface area contributed by atoms with Crippen molar-refractivity contribution in [3.05, 3.63) is 65.0 Å². The minimum absolute atomic E-state index is 0.288. The highest BCUT2D eigenvalue weighted by molar-refractivity contribution is 5.92. The van der Waals surface area contributed by atoms with Gasteiger partial charge in [0.2, 0.25) is 0 Å². The number of aromatic carboxylic acids is 1. The second-order valence-electron chi connectivity index (χ2n) is 10.5. The molecule has 1 N–H and O–H groups in total. The Balaban J connectivity index is 1.78. The maximum Gasteiger partial charge on any atom is 0.335 e. The van der Waals surface area contributed by atoms with Gasteiger partial charge in [-0.25, -0.2) is 9.78 Å². The number of carboxylic acids is 1. The number of carbonyl (C=O) groups is 1. The zero-order valence-corrected chi connectivity index (χ0v) is 19.4. The summed E-state index contributed by atoms with van der Waals surface area (Å²) >= 11 is 0. The quantitative estimate of drug-likeness (QED) is 0.494. The molecule has 31 heavy (non-hydrogen) atoms. The first-order chi connectivity index (χ1) is 14.6. The maximum atomic E-state index is 11.5. The number of aromatic nitrogens is 2. The molecule has 1 unspecified atom stereocenters. The lowest BCUT2D eigenvalue weighted by molar-refractivity contribution is 0.0697. The van der Waals surface area contributed by atoms with Crippen LogP contribution in [-0.4, -0.2) is 20.6 Å². The molecular formula is C27H34N2O2. The molecule has 1 aliphatic carbocycles. The van der Waals surface area contributed by atoms with Gasteiger partial charge in [-0.3, -0.25) is 0 Å². The molecule has 1 saturated carbocycles. The third kappa shape index (κ3) is 4.53. The number of imidazole rings is 1. The van der Waals surface area contributed by atoms with Crippen LogP contribution in [0.25, 0.3) is 11.0 Å². The molecule has 0 radical (unpaired) electrons. The van der Waals surface area contributed by atoms with E-state index < -0.39 is 5.97 Å². The number of fused-ring (bicyclic) bond motifs is 1. The van der Waals surface area contributed by atoms with Crippen molar-refractivity contribution in [1.29, 1.82) is 0 Å². The number of hydrogen-bond donors (Lipinski definition) is 1. The molecule has 0 saturated heterocycles. The largest absolute Gasteiger partial charge is 0.478 e. The van der Waals surface area contributed by atoms with Gasteiger partial charge in [-0.05, 0) is 65.8 Å². The number of rotatable bonds is 5. The Hall–Kier alpha value is -2.62. The Bertz CT molecular complexity index is 1090. The zero-order chi connectivity index (χ0) is 22.3. The zero-order valence-electron chi connectivity index (χ0n) is 19.4. The highest BCUT2D eigenvalue weighted by atomic mass is 16.4. The van der Waals surface area contributed by atoms with Crippen molar-refractivity contribution in [2.75, 3.05) is 0 Å². The molecule has 2 atom stereocenters. The van der Waals surface area contributed by atoms with Crippen molar-refractivity contribution in [2.24, 2.45) is 11.3 Å². The lowest BCUT2D eigenvalue weighted by Crippen LogP contribution is -2.30. The summed E-state index contributed by atoms with van der Waals surface area (Å²) in [6.07, 6.45) is 4.24. The molecule has 1 fully saturated rings. The predicted octanol–water partition coefficient (Wildman–Crippen LogP) is 6.84. The third-order valence-electron chi connectivity index (χ3n) is 6.75. The van der Waals surface area contributed by atoms with E-state index in [1.54, 1.807) is 12.1 Å². The topological polar surface area (TPSA) is 55.1 Å². The van der Waals surface area contributed by atoms with E-state index in [-0.39, 0.29) is 5.41 Å². The minimum Gasteiger partial charge on any atom is -0.478 e. The van der Waals surface area contributed by atoms with E-state index in [0.717, 1.165) is 36.1 Å². The van der Waals surface area contributed by atoms with E-state index in [9.17, 15) is 9.90 Å². The Morgan fingerprint density at radius 1 is 1.16 bits per heavy atom. The van der Waals surface area contributed by atoms with Gasteiger partial charge in [-0.2, -0.15) is 0 Å². The van der Waals surface area contributed by atoms with Crippen LogP contribution >= 0.6 is 0 Å². The summed E-state index contributed by atoms with van der Waals surface area (Å²) < 4.78 is 2.41. The van der Waals surface area contributed by atoms with Crippen LogP contribution in [0.4, 0.5) is 0 Å². The van der Waals surface area contributed by atoms with Crippen LogP contribution in [0.5, 0.6) is 0 Å². The molecule has 4 heteroatoms. The van der Waals surface area contributed by atoms with Crippen LogP contribution in [0.2, 0.25) is 0 Å². The van der Waals surface area contributed by atoms with Gasteiger partial charge < -0.3 is 9.67 Å². The minimum atomic E-state index is -0.908. The third-order valence-corrected chi connectivity index (χ3v) is 6.75. The fraction of sp³-hybridized carbons (Fsp3) is 0.481. The van der Waals surface area contributed by atoms with Crippen molar-refractivity contribution < 1.29 is 9.90 Å². The van der Waals surface area contributed by atoms with E-state index in [2.05, 4.69) is 63.5 Å². The summed E-state index contributed by atoms with van der Waals surface area (Å²) in [4.78, 5) is 16.5. The van der Waals surface area contributed by atoms with E-state index in [1.165, 1.54) is 17.5 Å². The summed E-state index contributed by atoms with van der Waals surface area (Å²) in [6.45, 7) is 11.5. The number of carboxylic acid groups (broad SMARTS) is 1. The van der Waals surface area contributed by atoms with Crippen molar-refractivity contribution in [2.45, 2.75) is 72.3 Å². The monoisotopic (exact) mass is 418 g/mol. The van der Waals surface area contributed by atoms with Gasteiger partial charge in [0.25, 0.3) is 0 Å². The molecule has 0 amide bonds. The normalized spacial score (nSPS) is 21.0. The summed E-state index contributed by atoms with van der Waals surface area (Å²) in [7, 11) is 0. The van der Waals surface area contributed by atoms with Crippen LogP contribution in [-0.2, 0) is 6.42 Å². The van der Waals surface area contributed by atoms with E-state index in [4.69, 9.17) is 4.98 Å². The molecule has 0 bridgehead atoms. The Morgan fingerprint density at radius 2 is 1.87 bits per heavy atom. The second kappa shape index (κ2) is 8.14. The lowest BCUT2D eigenvalue weighted by Gasteiger charge is -2.40.